The molecule has 0 aliphatic carbocycles. The number of ether oxygens (including phenoxy) is 1. The highest BCUT2D eigenvalue weighted by Gasteiger charge is 2.25. The van der Waals surface area contributed by atoms with Gasteiger partial charge in [0.05, 0.1) is 18.8 Å². The Morgan fingerprint density at radius 1 is 1.11 bits per heavy atom. The molecule has 0 spiro atoms. The molecule has 8 nitrogen and oxygen atoms in total. The highest BCUT2D eigenvalue weighted by Crippen LogP contribution is 2.11. The molecule has 0 heterocycles. The smallest absolute Gasteiger partial charge is 0.310 e. The van der Waals surface area contributed by atoms with Gasteiger partial charge in [0, 0.05) is 19.6 Å². The first-order valence-corrected chi connectivity index (χ1v) is 5.48. The number of nitrogens with two attached hydrogens (primary N) is 1. The fourth-order valence-corrected chi connectivity index (χ4v) is 1.23. The van der Waals surface area contributed by atoms with E-state index in [0.717, 1.165) is 0 Å². The van der Waals surface area contributed by atoms with E-state index in [1.165, 1.54) is 0 Å². The van der Waals surface area contributed by atoms with Crippen molar-refractivity contribution in [3.63, 3.8) is 0 Å². The van der Waals surface area contributed by atoms with E-state index in [0.29, 0.717) is 19.6 Å². The van der Waals surface area contributed by atoms with Gasteiger partial charge in [-0.15, -0.1) is 0 Å². The van der Waals surface area contributed by atoms with Gasteiger partial charge in [-0.05, 0) is 0 Å². The van der Waals surface area contributed by atoms with Gasteiger partial charge >= 0.3 is 17.9 Å². The summed E-state index contributed by atoms with van der Waals surface area (Å²) in [7, 11) is 0. The number of aliphatic carboxylic acids is 2. The Morgan fingerprint density at radius 3 is 2.11 bits per heavy atom. The van der Waals surface area contributed by atoms with Gasteiger partial charge < -0.3 is 26.0 Å². The average molecular weight is 262 g/mol. The van der Waals surface area contributed by atoms with Crippen molar-refractivity contribution in [1.82, 2.24) is 5.32 Å². The molecule has 0 atom stereocenters. The topological polar surface area (TPSA) is 139 Å². The number of hydrogen-bond acceptors (Lipinski definition) is 6. The Labute approximate surface area is 104 Å². The summed E-state index contributed by atoms with van der Waals surface area (Å²) in [6.07, 6.45) is -1.11. The van der Waals surface area contributed by atoms with Crippen LogP contribution in [-0.4, -0.2) is 54.4 Å². The first-order valence-electron chi connectivity index (χ1n) is 5.48. The minimum absolute atomic E-state index is 0.0502. The maximum atomic E-state index is 11.4. The number of rotatable bonds is 10. The molecule has 104 valence electrons. The van der Waals surface area contributed by atoms with Gasteiger partial charge in [0.2, 0.25) is 0 Å². The number of nitrogens with one attached hydrogen (secondary N) is 1. The van der Waals surface area contributed by atoms with Crippen LogP contribution in [0.5, 0.6) is 0 Å². The molecule has 0 bridgehead atoms. The molecule has 0 rings (SSSR count). The Kier molecular flexibility index (Phi) is 8.50. The highest BCUT2D eigenvalue weighted by atomic mass is 16.5. The van der Waals surface area contributed by atoms with Crippen LogP contribution < -0.4 is 11.1 Å². The standard InChI is InChI=1S/C10H18N2O6/c11-1-2-12-3-4-18-10(17)7(5-8(13)14)6-9(15)16/h7,12H,1-6,11H2,(H,13,14)(H,15,16). The molecule has 0 saturated carbocycles. The van der Waals surface area contributed by atoms with Gasteiger partial charge in [0.15, 0.2) is 0 Å². The second kappa shape index (κ2) is 9.37. The molecule has 5 N–H and O–H groups in total. The molecule has 0 fully saturated rings. The van der Waals surface area contributed by atoms with Crippen molar-refractivity contribution in [1.29, 1.82) is 0 Å². The summed E-state index contributed by atoms with van der Waals surface area (Å²) >= 11 is 0. The molecule has 0 aliphatic rings. The highest BCUT2D eigenvalue weighted by molar-refractivity contribution is 5.83. The molecule has 8 heteroatoms. The van der Waals surface area contributed by atoms with Crippen LogP contribution in [0.1, 0.15) is 12.8 Å². The number of hydrogen-bond donors (Lipinski definition) is 4. The number of carbonyl (C=O) groups is 3. The molecule has 0 aromatic carbocycles. The molecular weight excluding hydrogens is 244 g/mol. The van der Waals surface area contributed by atoms with Crippen molar-refractivity contribution in [3.05, 3.63) is 0 Å². The van der Waals surface area contributed by atoms with E-state index in [4.69, 9.17) is 20.7 Å². The third-order valence-corrected chi connectivity index (χ3v) is 2.02. The van der Waals surface area contributed by atoms with Gasteiger partial charge in [-0.2, -0.15) is 0 Å². The maximum absolute atomic E-state index is 11.4. The first kappa shape index (κ1) is 16.3. The van der Waals surface area contributed by atoms with Crippen LogP contribution in [0.25, 0.3) is 0 Å². The predicted octanol–water partition coefficient (Wildman–Crippen LogP) is -1.36. The molecular formula is C10H18N2O6. The van der Waals surface area contributed by atoms with E-state index in [1.54, 1.807) is 0 Å². The third kappa shape index (κ3) is 8.48. The van der Waals surface area contributed by atoms with Gasteiger partial charge in [-0.1, -0.05) is 0 Å². The van der Waals surface area contributed by atoms with Gasteiger partial charge in [-0.3, -0.25) is 14.4 Å². The summed E-state index contributed by atoms with van der Waals surface area (Å²) in [4.78, 5) is 32.4. The second-order valence-electron chi connectivity index (χ2n) is 3.60. The van der Waals surface area contributed by atoms with Crippen LogP contribution in [0.4, 0.5) is 0 Å². The van der Waals surface area contributed by atoms with E-state index < -0.39 is 36.7 Å². The van der Waals surface area contributed by atoms with Crippen LogP contribution in [0, 0.1) is 5.92 Å². The number of carbonyl (C=O) groups excluding carboxylic acids is 1. The van der Waals surface area contributed by atoms with Gasteiger partial charge in [0.25, 0.3) is 0 Å². The van der Waals surface area contributed by atoms with E-state index in [-0.39, 0.29) is 6.61 Å². The summed E-state index contributed by atoms with van der Waals surface area (Å²) in [5.41, 5.74) is 5.23. The minimum Gasteiger partial charge on any atom is -0.481 e. The Morgan fingerprint density at radius 2 is 1.67 bits per heavy atom. The zero-order valence-corrected chi connectivity index (χ0v) is 9.92. The maximum Gasteiger partial charge on any atom is 0.310 e. The molecule has 0 aromatic heterocycles. The summed E-state index contributed by atoms with van der Waals surface area (Å²) in [5, 5.41) is 20.0. The lowest BCUT2D eigenvalue weighted by Gasteiger charge is -2.12. The van der Waals surface area contributed by atoms with Crippen LogP contribution in [-0.2, 0) is 19.1 Å². The number of carboxylic acid groups (broad SMARTS) is 2. The van der Waals surface area contributed by atoms with Crippen molar-refractivity contribution >= 4 is 17.9 Å². The normalized spacial score (nSPS) is 10.3. The number of esters is 1. The second-order valence-corrected chi connectivity index (χ2v) is 3.60. The predicted molar refractivity (Wildman–Crippen MR) is 60.9 cm³/mol. The zero-order valence-electron chi connectivity index (χ0n) is 9.92. The lowest BCUT2D eigenvalue weighted by atomic mass is 10.0. The molecule has 0 unspecified atom stereocenters. The van der Waals surface area contributed by atoms with E-state index in [9.17, 15) is 14.4 Å². The lowest BCUT2D eigenvalue weighted by Crippen LogP contribution is -2.29. The van der Waals surface area contributed by atoms with E-state index in [1.807, 2.05) is 0 Å². The van der Waals surface area contributed by atoms with Crippen molar-refractivity contribution < 1.29 is 29.3 Å². The quantitative estimate of drug-likeness (QED) is 0.280. The molecule has 0 aromatic rings. The SMILES string of the molecule is NCCNCCOC(=O)C(CC(=O)O)CC(=O)O. The molecule has 18 heavy (non-hydrogen) atoms. The molecule has 0 amide bonds. The minimum atomic E-state index is -1.24. The van der Waals surface area contributed by atoms with Crippen LogP contribution in [0.3, 0.4) is 0 Å². The summed E-state index contributed by atoms with van der Waals surface area (Å²) in [5.74, 6) is -4.44. The Balaban J connectivity index is 4.04. The van der Waals surface area contributed by atoms with Crippen LogP contribution in [0.15, 0.2) is 0 Å². The van der Waals surface area contributed by atoms with Gasteiger partial charge in [0.1, 0.15) is 6.61 Å². The largest absolute Gasteiger partial charge is 0.481 e. The van der Waals surface area contributed by atoms with Gasteiger partial charge in [-0.25, -0.2) is 0 Å². The zero-order chi connectivity index (χ0) is 14.0. The van der Waals surface area contributed by atoms with E-state index in [2.05, 4.69) is 5.32 Å². The Bertz CT molecular complexity index is 278. The summed E-state index contributed by atoms with van der Waals surface area (Å²) in [6.45, 7) is 1.46. The van der Waals surface area contributed by atoms with Crippen LogP contribution >= 0.6 is 0 Å². The average Bonchev–Trinajstić information content (AvgIpc) is 2.26. The molecule has 0 saturated heterocycles. The van der Waals surface area contributed by atoms with Crippen molar-refractivity contribution in [2.24, 2.45) is 11.7 Å². The number of carboxylic acids is 2. The fraction of sp³-hybridized carbons (Fsp3) is 0.700. The summed E-state index contributed by atoms with van der Waals surface area (Å²) in [6, 6.07) is 0. The van der Waals surface area contributed by atoms with Crippen molar-refractivity contribution in [2.75, 3.05) is 26.2 Å². The third-order valence-electron chi connectivity index (χ3n) is 2.02. The van der Waals surface area contributed by atoms with Crippen molar-refractivity contribution in [2.45, 2.75) is 12.8 Å². The fourth-order valence-electron chi connectivity index (χ4n) is 1.23. The van der Waals surface area contributed by atoms with E-state index >= 15 is 0 Å². The molecule has 0 aliphatic heterocycles. The first-order chi connectivity index (χ1) is 8.47. The Hall–Kier alpha value is -1.67. The molecule has 0 radical (unpaired) electrons. The summed E-state index contributed by atoms with van der Waals surface area (Å²) < 4.78 is 4.78. The van der Waals surface area contributed by atoms with Crippen LogP contribution in [0.2, 0.25) is 0 Å². The monoisotopic (exact) mass is 262 g/mol. The lowest BCUT2D eigenvalue weighted by molar-refractivity contribution is -0.156. The van der Waals surface area contributed by atoms with Crippen molar-refractivity contribution in [3.8, 4) is 0 Å².